The van der Waals surface area contributed by atoms with E-state index in [9.17, 15) is 0 Å². The third-order valence-electron chi connectivity index (χ3n) is 4.59. The minimum absolute atomic E-state index is 0.725. The van der Waals surface area contributed by atoms with Crippen molar-refractivity contribution in [2.45, 2.75) is 52.5 Å². The van der Waals surface area contributed by atoms with Crippen molar-refractivity contribution in [2.75, 3.05) is 25.0 Å². The Balaban J connectivity index is 1.97. The summed E-state index contributed by atoms with van der Waals surface area (Å²) in [6, 6.07) is 7.50. The first-order chi connectivity index (χ1) is 9.61. The number of nitrogens with one attached hydrogen (secondary N) is 1. The molecule has 0 bridgehead atoms. The second-order valence-corrected chi connectivity index (χ2v) is 6.42. The lowest BCUT2D eigenvalue weighted by Crippen LogP contribution is -2.38. The van der Waals surface area contributed by atoms with E-state index in [1.807, 2.05) is 0 Å². The van der Waals surface area contributed by atoms with Crippen molar-refractivity contribution in [2.24, 2.45) is 5.92 Å². The van der Waals surface area contributed by atoms with E-state index in [0.717, 1.165) is 18.5 Å². The number of aryl methyl sites for hydroxylation is 2. The predicted octanol–water partition coefficient (Wildman–Crippen LogP) is 3.91. The van der Waals surface area contributed by atoms with Crippen molar-refractivity contribution < 1.29 is 0 Å². The molecule has 1 aromatic rings. The van der Waals surface area contributed by atoms with Gasteiger partial charge in [0.05, 0.1) is 0 Å². The molecule has 2 rings (SSSR count). The van der Waals surface area contributed by atoms with Crippen molar-refractivity contribution in [3.63, 3.8) is 0 Å². The number of anilines is 1. The number of hydrogen-bond acceptors (Lipinski definition) is 2. The molecule has 0 saturated heterocycles. The number of benzene rings is 1. The molecule has 2 heteroatoms. The lowest BCUT2D eigenvalue weighted by atomic mass is 10.0. The molecule has 0 spiro atoms. The van der Waals surface area contributed by atoms with Crippen molar-refractivity contribution in [1.82, 2.24) is 5.32 Å². The zero-order valence-electron chi connectivity index (χ0n) is 13.6. The van der Waals surface area contributed by atoms with E-state index in [1.165, 1.54) is 49.0 Å². The first kappa shape index (κ1) is 15.4. The van der Waals surface area contributed by atoms with Crippen LogP contribution in [0, 0.1) is 19.8 Å². The summed E-state index contributed by atoms with van der Waals surface area (Å²) in [5.74, 6) is 0.798. The van der Waals surface area contributed by atoms with Crippen LogP contribution in [0.2, 0.25) is 0 Å². The summed E-state index contributed by atoms with van der Waals surface area (Å²) < 4.78 is 0. The van der Waals surface area contributed by atoms with Gasteiger partial charge < -0.3 is 10.2 Å². The first-order valence-electron chi connectivity index (χ1n) is 8.13. The second-order valence-electron chi connectivity index (χ2n) is 6.42. The maximum Gasteiger partial charge on any atom is 0.0393 e. The predicted molar refractivity (Wildman–Crippen MR) is 88.6 cm³/mol. The van der Waals surface area contributed by atoms with Crippen molar-refractivity contribution >= 4 is 5.69 Å². The molecule has 1 aromatic carbocycles. The van der Waals surface area contributed by atoms with E-state index in [2.05, 4.69) is 56.2 Å². The van der Waals surface area contributed by atoms with Crippen LogP contribution >= 0.6 is 0 Å². The number of rotatable bonds is 6. The summed E-state index contributed by atoms with van der Waals surface area (Å²) in [5.41, 5.74) is 4.13. The zero-order valence-corrected chi connectivity index (χ0v) is 13.6. The van der Waals surface area contributed by atoms with Gasteiger partial charge in [0.2, 0.25) is 0 Å². The molecule has 0 radical (unpaired) electrons. The third kappa shape index (κ3) is 3.76. The van der Waals surface area contributed by atoms with Gasteiger partial charge >= 0.3 is 0 Å². The fourth-order valence-electron chi connectivity index (χ4n) is 3.54. The Morgan fingerprint density at radius 3 is 2.75 bits per heavy atom. The Bertz CT molecular complexity index is 427. The highest BCUT2D eigenvalue weighted by Crippen LogP contribution is 2.29. The second kappa shape index (κ2) is 7.12. The van der Waals surface area contributed by atoms with Crippen LogP contribution in [0.15, 0.2) is 18.2 Å². The Morgan fingerprint density at radius 1 is 1.25 bits per heavy atom. The van der Waals surface area contributed by atoms with Gasteiger partial charge in [-0.1, -0.05) is 31.0 Å². The maximum atomic E-state index is 3.74. The molecule has 1 fully saturated rings. The fourth-order valence-corrected chi connectivity index (χ4v) is 3.54. The molecular formula is C18H30N2. The maximum absolute atomic E-state index is 3.74. The van der Waals surface area contributed by atoms with E-state index < -0.39 is 0 Å². The highest BCUT2D eigenvalue weighted by Gasteiger charge is 2.27. The molecular weight excluding hydrogens is 244 g/mol. The Labute approximate surface area is 124 Å². The molecule has 2 unspecified atom stereocenters. The van der Waals surface area contributed by atoms with E-state index >= 15 is 0 Å². The molecule has 0 heterocycles. The average molecular weight is 274 g/mol. The Hall–Kier alpha value is -1.02. The normalized spacial score (nSPS) is 22.2. The summed E-state index contributed by atoms with van der Waals surface area (Å²) in [6.07, 6.45) is 5.34. The Morgan fingerprint density at radius 2 is 2.05 bits per heavy atom. The minimum Gasteiger partial charge on any atom is -0.374 e. The SMILES string of the molecule is CCCNC1CCCC1CN(C)c1ccc(C)cc1C. The molecule has 2 atom stereocenters. The van der Waals surface area contributed by atoms with Crippen LogP contribution in [0.4, 0.5) is 5.69 Å². The van der Waals surface area contributed by atoms with Crippen LogP contribution < -0.4 is 10.2 Å². The van der Waals surface area contributed by atoms with Crippen LogP contribution in [-0.4, -0.2) is 26.2 Å². The largest absolute Gasteiger partial charge is 0.374 e. The summed E-state index contributed by atoms with van der Waals surface area (Å²) in [7, 11) is 2.24. The Kier molecular flexibility index (Phi) is 5.47. The van der Waals surface area contributed by atoms with Gasteiger partial charge in [-0.05, 0) is 57.2 Å². The van der Waals surface area contributed by atoms with Crippen LogP contribution in [0.1, 0.15) is 43.7 Å². The number of hydrogen-bond donors (Lipinski definition) is 1. The molecule has 1 N–H and O–H groups in total. The van der Waals surface area contributed by atoms with Crippen LogP contribution in [-0.2, 0) is 0 Å². The van der Waals surface area contributed by atoms with Crippen LogP contribution in [0.5, 0.6) is 0 Å². The van der Waals surface area contributed by atoms with Gasteiger partial charge in [-0.25, -0.2) is 0 Å². The fraction of sp³-hybridized carbons (Fsp3) is 0.667. The summed E-state index contributed by atoms with van der Waals surface area (Å²) in [4.78, 5) is 2.45. The van der Waals surface area contributed by atoms with E-state index in [0.29, 0.717) is 0 Å². The standard InChI is InChI=1S/C18H30N2/c1-5-11-19-17-8-6-7-16(17)13-20(4)18-10-9-14(2)12-15(18)3/h9-10,12,16-17,19H,5-8,11,13H2,1-4H3. The number of nitrogens with zero attached hydrogens (tertiary/aromatic N) is 1. The monoisotopic (exact) mass is 274 g/mol. The van der Waals surface area contributed by atoms with Gasteiger partial charge in [-0.15, -0.1) is 0 Å². The lowest BCUT2D eigenvalue weighted by Gasteiger charge is -2.29. The minimum atomic E-state index is 0.725. The van der Waals surface area contributed by atoms with Crippen molar-refractivity contribution in [3.05, 3.63) is 29.3 Å². The summed E-state index contributed by atoms with van der Waals surface area (Å²) >= 11 is 0. The summed E-state index contributed by atoms with van der Waals surface area (Å²) in [5, 5.41) is 3.74. The summed E-state index contributed by atoms with van der Waals surface area (Å²) in [6.45, 7) is 8.97. The zero-order chi connectivity index (χ0) is 14.5. The molecule has 1 saturated carbocycles. The molecule has 1 aliphatic carbocycles. The van der Waals surface area contributed by atoms with Gasteiger partial charge in [0.1, 0.15) is 0 Å². The lowest BCUT2D eigenvalue weighted by molar-refractivity contribution is 0.403. The van der Waals surface area contributed by atoms with Crippen LogP contribution in [0.3, 0.4) is 0 Å². The topological polar surface area (TPSA) is 15.3 Å². The van der Waals surface area contributed by atoms with Gasteiger partial charge in [0.25, 0.3) is 0 Å². The van der Waals surface area contributed by atoms with Crippen LogP contribution in [0.25, 0.3) is 0 Å². The molecule has 20 heavy (non-hydrogen) atoms. The molecule has 0 aliphatic heterocycles. The average Bonchev–Trinajstić information content (AvgIpc) is 2.83. The first-order valence-corrected chi connectivity index (χ1v) is 8.13. The highest BCUT2D eigenvalue weighted by molar-refractivity contribution is 5.53. The van der Waals surface area contributed by atoms with Gasteiger partial charge in [0.15, 0.2) is 0 Å². The van der Waals surface area contributed by atoms with E-state index in [4.69, 9.17) is 0 Å². The van der Waals surface area contributed by atoms with Gasteiger partial charge in [-0.3, -0.25) is 0 Å². The quantitative estimate of drug-likeness (QED) is 0.846. The molecule has 1 aliphatic rings. The molecule has 0 aromatic heterocycles. The third-order valence-corrected chi connectivity index (χ3v) is 4.59. The molecule has 112 valence electrons. The molecule has 0 amide bonds. The van der Waals surface area contributed by atoms with Gasteiger partial charge in [-0.2, -0.15) is 0 Å². The van der Waals surface area contributed by atoms with Crippen molar-refractivity contribution in [1.29, 1.82) is 0 Å². The van der Waals surface area contributed by atoms with Crippen molar-refractivity contribution in [3.8, 4) is 0 Å². The van der Waals surface area contributed by atoms with Gasteiger partial charge in [0, 0.05) is 25.3 Å². The molecule has 2 nitrogen and oxygen atoms in total. The van der Waals surface area contributed by atoms with E-state index in [-0.39, 0.29) is 0 Å². The smallest absolute Gasteiger partial charge is 0.0393 e. The van der Waals surface area contributed by atoms with E-state index in [1.54, 1.807) is 0 Å². The highest BCUT2D eigenvalue weighted by atomic mass is 15.1.